The second-order valence-electron chi connectivity index (χ2n) is 11.3. The number of methoxy groups -OCH3 is 2. The summed E-state index contributed by atoms with van der Waals surface area (Å²) in [4.78, 5) is 29.4. The molecule has 44 heavy (non-hydrogen) atoms. The molecule has 4 rings (SSSR count). The number of rotatable bonds is 12. The van der Waals surface area contributed by atoms with E-state index in [0.717, 1.165) is 53.1 Å². The smallest absolute Gasteiger partial charge is 0.264 e. The number of nitrogens with zero attached hydrogens (tertiary/aromatic N) is 2. The lowest BCUT2D eigenvalue weighted by Crippen LogP contribution is -2.53. The molecule has 3 aromatic rings. The molecule has 1 atom stereocenters. The Labute approximate surface area is 261 Å². The van der Waals surface area contributed by atoms with Crippen molar-refractivity contribution in [1.29, 1.82) is 0 Å². The van der Waals surface area contributed by atoms with E-state index in [9.17, 15) is 18.0 Å². The summed E-state index contributed by atoms with van der Waals surface area (Å²) in [6.07, 6.45) is 5.07. The van der Waals surface area contributed by atoms with Crippen LogP contribution in [0.3, 0.4) is 0 Å². The molecule has 0 radical (unpaired) electrons. The maximum atomic E-state index is 14.3. The number of aryl methyl sites for hydroxylation is 2. The van der Waals surface area contributed by atoms with Gasteiger partial charge in [0.2, 0.25) is 11.8 Å². The zero-order valence-corrected chi connectivity index (χ0v) is 27.0. The molecular formula is C34H43N3O6S. The third-order valence-corrected chi connectivity index (χ3v) is 10.0. The Balaban J connectivity index is 1.75. The minimum absolute atomic E-state index is 0.0225. The summed E-state index contributed by atoms with van der Waals surface area (Å²) < 4.78 is 40.4. The highest BCUT2D eigenvalue weighted by molar-refractivity contribution is 7.92. The standard InChI is InChI=1S/C34H43N3O6S/c1-24-15-18-30(19-16-24)44(40,41)37(31-21-29(42-4)17-20-32(31)43-5)23-33(38)36(22-27-12-10-9-11-25(27)2)26(3)34(39)35-28-13-7-6-8-14-28/h9-12,15-21,26,28H,6-8,13-14,22-23H2,1-5H3,(H,35,39)/t26-/m1/s1. The number of hydrogen-bond acceptors (Lipinski definition) is 6. The zero-order valence-electron chi connectivity index (χ0n) is 26.2. The molecule has 0 spiro atoms. The molecule has 0 bridgehead atoms. The van der Waals surface area contributed by atoms with Gasteiger partial charge in [0.25, 0.3) is 10.0 Å². The van der Waals surface area contributed by atoms with Gasteiger partial charge in [0, 0.05) is 18.7 Å². The van der Waals surface area contributed by atoms with Crippen molar-refractivity contribution in [2.24, 2.45) is 0 Å². The largest absolute Gasteiger partial charge is 0.497 e. The molecule has 0 unspecified atom stereocenters. The Bertz CT molecular complexity index is 1550. The molecule has 3 aromatic carbocycles. The van der Waals surface area contributed by atoms with Gasteiger partial charge in [-0.15, -0.1) is 0 Å². The average Bonchev–Trinajstić information content (AvgIpc) is 3.03. The summed E-state index contributed by atoms with van der Waals surface area (Å²) in [5.74, 6) is -0.136. The van der Waals surface area contributed by atoms with Crippen molar-refractivity contribution in [3.63, 3.8) is 0 Å². The number of carbonyl (C=O) groups excluding carboxylic acids is 2. The van der Waals surface area contributed by atoms with Gasteiger partial charge >= 0.3 is 0 Å². The van der Waals surface area contributed by atoms with E-state index in [1.165, 1.54) is 37.3 Å². The first-order valence-corrected chi connectivity index (χ1v) is 16.4. The molecular weight excluding hydrogens is 578 g/mol. The number of amides is 2. The monoisotopic (exact) mass is 621 g/mol. The van der Waals surface area contributed by atoms with E-state index >= 15 is 0 Å². The number of benzene rings is 3. The maximum Gasteiger partial charge on any atom is 0.264 e. The number of hydrogen-bond donors (Lipinski definition) is 1. The normalized spacial score (nSPS) is 14.4. The molecule has 236 valence electrons. The zero-order chi connectivity index (χ0) is 31.9. The van der Waals surface area contributed by atoms with Crippen LogP contribution in [0.4, 0.5) is 5.69 Å². The lowest BCUT2D eigenvalue weighted by Gasteiger charge is -2.34. The van der Waals surface area contributed by atoms with Gasteiger partial charge in [-0.2, -0.15) is 0 Å². The van der Waals surface area contributed by atoms with Gasteiger partial charge < -0.3 is 19.7 Å². The van der Waals surface area contributed by atoms with Gasteiger partial charge in [0.05, 0.1) is 24.8 Å². The number of sulfonamides is 1. The summed E-state index contributed by atoms with van der Waals surface area (Å²) in [6, 6.07) is 18.1. The second-order valence-corrected chi connectivity index (χ2v) is 13.2. The minimum Gasteiger partial charge on any atom is -0.497 e. The third-order valence-electron chi connectivity index (χ3n) is 8.26. The molecule has 0 aliphatic heterocycles. The Morgan fingerprint density at radius 1 is 0.932 bits per heavy atom. The molecule has 0 heterocycles. The average molecular weight is 622 g/mol. The predicted molar refractivity (Wildman–Crippen MR) is 171 cm³/mol. The molecule has 2 amide bonds. The van der Waals surface area contributed by atoms with Gasteiger partial charge in [0.15, 0.2) is 0 Å². The fraction of sp³-hybridized carbons (Fsp3) is 0.412. The van der Waals surface area contributed by atoms with Crippen LogP contribution in [0.5, 0.6) is 11.5 Å². The van der Waals surface area contributed by atoms with Crippen LogP contribution in [0.15, 0.2) is 71.6 Å². The first-order valence-electron chi connectivity index (χ1n) is 15.0. The quantitative estimate of drug-likeness (QED) is 0.291. The summed E-state index contributed by atoms with van der Waals surface area (Å²) in [7, 11) is -1.34. The molecule has 1 N–H and O–H groups in total. The first-order chi connectivity index (χ1) is 21.0. The molecule has 0 aromatic heterocycles. The Hall–Kier alpha value is -4.05. The molecule has 1 aliphatic rings. The van der Waals surface area contributed by atoms with E-state index in [0.29, 0.717) is 5.75 Å². The molecule has 9 nitrogen and oxygen atoms in total. The summed E-state index contributed by atoms with van der Waals surface area (Å²) >= 11 is 0. The second kappa shape index (κ2) is 14.6. The van der Waals surface area contributed by atoms with Crippen molar-refractivity contribution >= 4 is 27.5 Å². The Kier molecular flexibility index (Phi) is 10.9. The fourth-order valence-electron chi connectivity index (χ4n) is 5.46. The van der Waals surface area contributed by atoms with Gasteiger partial charge in [-0.3, -0.25) is 13.9 Å². The lowest BCUT2D eigenvalue weighted by molar-refractivity contribution is -0.139. The Morgan fingerprint density at radius 3 is 2.25 bits per heavy atom. The van der Waals surface area contributed by atoms with E-state index in [1.54, 1.807) is 31.2 Å². The highest BCUT2D eigenvalue weighted by Gasteiger charge is 2.34. The topological polar surface area (TPSA) is 105 Å². The van der Waals surface area contributed by atoms with E-state index < -0.39 is 28.5 Å². The summed E-state index contributed by atoms with van der Waals surface area (Å²) in [5.41, 5.74) is 2.87. The number of anilines is 1. The number of ether oxygens (including phenoxy) is 2. The lowest BCUT2D eigenvalue weighted by atomic mass is 9.95. The third kappa shape index (κ3) is 7.72. The molecule has 1 aliphatic carbocycles. The van der Waals surface area contributed by atoms with Crippen LogP contribution in [0, 0.1) is 13.8 Å². The van der Waals surface area contributed by atoms with Crippen LogP contribution in [0.2, 0.25) is 0 Å². The van der Waals surface area contributed by atoms with Crippen LogP contribution in [0.25, 0.3) is 0 Å². The number of nitrogens with one attached hydrogen (secondary N) is 1. The maximum absolute atomic E-state index is 14.3. The van der Waals surface area contributed by atoms with Gasteiger partial charge in [-0.05, 0) is 69.0 Å². The number of carbonyl (C=O) groups is 2. The Morgan fingerprint density at radius 2 is 1.61 bits per heavy atom. The van der Waals surface area contributed by atoms with E-state index in [4.69, 9.17) is 9.47 Å². The van der Waals surface area contributed by atoms with Gasteiger partial charge in [0.1, 0.15) is 24.1 Å². The first kappa shape index (κ1) is 32.9. The minimum atomic E-state index is -4.26. The highest BCUT2D eigenvalue weighted by atomic mass is 32.2. The highest BCUT2D eigenvalue weighted by Crippen LogP contribution is 2.36. The fourth-order valence-corrected chi connectivity index (χ4v) is 6.88. The van der Waals surface area contributed by atoms with Crippen LogP contribution >= 0.6 is 0 Å². The van der Waals surface area contributed by atoms with Crippen LogP contribution in [-0.2, 0) is 26.2 Å². The molecule has 1 saturated carbocycles. The van der Waals surface area contributed by atoms with Crippen LogP contribution in [0.1, 0.15) is 55.7 Å². The molecule has 1 fully saturated rings. The van der Waals surface area contributed by atoms with Crippen molar-refractivity contribution in [1.82, 2.24) is 10.2 Å². The van der Waals surface area contributed by atoms with Crippen molar-refractivity contribution in [3.8, 4) is 11.5 Å². The van der Waals surface area contributed by atoms with Crippen molar-refractivity contribution < 1.29 is 27.5 Å². The summed E-state index contributed by atoms with van der Waals surface area (Å²) in [5, 5.41) is 3.13. The van der Waals surface area contributed by atoms with Crippen molar-refractivity contribution in [3.05, 3.63) is 83.4 Å². The van der Waals surface area contributed by atoms with Gasteiger partial charge in [-0.25, -0.2) is 8.42 Å². The van der Waals surface area contributed by atoms with Crippen LogP contribution in [-0.4, -0.2) is 58.0 Å². The van der Waals surface area contributed by atoms with Gasteiger partial charge in [-0.1, -0.05) is 61.2 Å². The van der Waals surface area contributed by atoms with Crippen molar-refractivity contribution in [2.75, 3.05) is 25.1 Å². The van der Waals surface area contributed by atoms with E-state index in [1.807, 2.05) is 38.1 Å². The van der Waals surface area contributed by atoms with Crippen LogP contribution < -0.4 is 19.1 Å². The summed E-state index contributed by atoms with van der Waals surface area (Å²) in [6.45, 7) is 5.08. The molecule has 0 saturated heterocycles. The SMILES string of the molecule is COc1ccc(OC)c(N(CC(=O)N(Cc2ccccc2C)[C@H](C)C(=O)NC2CCCCC2)S(=O)(=O)c2ccc(C)cc2)c1. The van der Waals surface area contributed by atoms with E-state index in [-0.39, 0.29) is 34.8 Å². The molecule has 10 heteroatoms. The predicted octanol–water partition coefficient (Wildman–Crippen LogP) is 5.38. The van der Waals surface area contributed by atoms with Crippen molar-refractivity contribution in [2.45, 2.75) is 76.4 Å². The van der Waals surface area contributed by atoms with E-state index in [2.05, 4.69) is 5.32 Å².